The number of hydrogen-bond acceptors (Lipinski definition) is 3. The van der Waals surface area contributed by atoms with Gasteiger partial charge in [0.2, 0.25) is 10.0 Å². The van der Waals surface area contributed by atoms with E-state index in [2.05, 4.69) is 27.2 Å². The highest BCUT2D eigenvalue weighted by atomic mass is 79.9. The van der Waals surface area contributed by atoms with Crippen LogP contribution in [0.5, 0.6) is 5.75 Å². The third-order valence-corrected chi connectivity index (χ3v) is 3.86. The summed E-state index contributed by atoms with van der Waals surface area (Å²) in [4.78, 5) is 0.0806. The second kappa shape index (κ2) is 5.86. The summed E-state index contributed by atoms with van der Waals surface area (Å²) in [6, 6.07) is 4.25. The normalized spacial score (nSPS) is 11.2. The lowest BCUT2D eigenvalue weighted by atomic mass is 10.3. The summed E-state index contributed by atoms with van der Waals surface area (Å²) in [5.74, 6) is 0.426. The van der Waals surface area contributed by atoms with Gasteiger partial charge in [-0.25, -0.2) is 13.1 Å². The van der Waals surface area contributed by atoms with Crippen LogP contribution in [0.15, 0.2) is 34.2 Å². The topological polar surface area (TPSA) is 55.4 Å². The molecule has 1 aromatic rings. The number of ether oxygens (including phenoxy) is 1. The maximum Gasteiger partial charge on any atom is 0.240 e. The molecule has 0 aliphatic heterocycles. The number of halogens is 2. The summed E-state index contributed by atoms with van der Waals surface area (Å²) in [6.07, 6.45) is 0. The Kier molecular flexibility index (Phi) is 5.00. The molecule has 4 nitrogen and oxygen atoms in total. The minimum atomic E-state index is -3.58. The van der Waals surface area contributed by atoms with Crippen molar-refractivity contribution in [2.24, 2.45) is 0 Å². The van der Waals surface area contributed by atoms with E-state index in [1.807, 2.05) is 0 Å². The van der Waals surface area contributed by atoms with E-state index in [0.717, 1.165) is 0 Å². The van der Waals surface area contributed by atoms with E-state index in [9.17, 15) is 8.42 Å². The smallest absolute Gasteiger partial charge is 0.240 e. The first kappa shape index (κ1) is 14.5. The molecule has 1 N–H and O–H groups in total. The predicted molar refractivity (Wildman–Crippen MR) is 71.3 cm³/mol. The van der Waals surface area contributed by atoms with Crippen LogP contribution in [0.4, 0.5) is 0 Å². The molecule has 94 valence electrons. The van der Waals surface area contributed by atoms with E-state index in [0.29, 0.717) is 10.2 Å². The molecular weight excluding hydrogens is 330 g/mol. The molecule has 0 aliphatic carbocycles. The number of methoxy groups -OCH3 is 1. The van der Waals surface area contributed by atoms with Gasteiger partial charge in [0.25, 0.3) is 0 Å². The summed E-state index contributed by atoms with van der Waals surface area (Å²) in [7, 11) is -2.12. The molecule has 0 saturated heterocycles. The van der Waals surface area contributed by atoms with Gasteiger partial charge >= 0.3 is 0 Å². The van der Waals surface area contributed by atoms with Crippen LogP contribution < -0.4 is 9.46 Å². The fourth-order valence-corrected chi connectivity index (χ4v) is 2.77. The van der Waals surface area contributed by atoms with E-state index in [-0.39, 0.29) is 16.5 Å². The van der Waals surface area contributed by atoms with Gasteiger partial charge in [-0.05, 0) is 18.2 Å². The highest BCUT2D eigenvalue weighted by molar-refractivity contribution is 9.11. The Morgan fingerprint density at radius 2 is 2.24 bits per heavy atom. The average Bonchev–Trinajstić information content (AvgIpc) is 2.26. The van der Waals surface area contributed by atoms with Crippen molar-refractivity contribution >= 4 is 37.6 Å². The summed E-state index contributed by atoms with van der Waals surface area (Å²) >= 11 is 8.92. The van der Waals surface area contributed by atoms with Crippen molar-refractivity contribution in [1.82, 2.24) is 4.72 Å². The molecule has 0 unspecified atom stereocenters. The Morgan fingerprint density at radius 1 is 1.59 bits per heavy atom. The van der Waals surface area contributed by atoms with Gasteiger partial charge in [-0.15, -0.1) is 0 Å². The monoisotopic (exact) mass is 339 g/mol. The molecule has 1 rings (SSSR count). The minimum absolute atomic E-state index is 0.0806. The molecule has 0 heterocycles. The van der Waals surface area contributed by atoms with Crippen molar-refractivity contribution in [3.05, 3.63) is 34.3 Å². The van der Waals surface area contributed by atoms with Crippen molar-refractivity contribution < 1.29 is 13.2 Å². The average molecular weight is 341 g/mol. The molecular formula is C10H11BrClNO3S. The first-order valence-electron chi connectivity index (χ1n) is 4.53. The molecule has 7 heteroatoms. The largest absolute Gasteiger partial charge is 0.495 e. The van der Waals surface area contributed by atoms with E-state index in [1.54, 1.807) is 0 Å². The molecule has 0 fully saturated rings. The SMILES string of the molecule is C=C(Br)CNS(=O)(=O)c1ccc(OC)c(Cl)c1. The Bertz CT molecular complexity index is 530. The van der Waals surface area contributed by atoms with Crippen LogP contribution in [0.3, 0.4) is 0 Å². The van der Waals surface area contributed by atoms with E-state index in [4.69, 9.17) is 16.3 Å². The van der Waals surface area contributed by atoms with Crippen molar-refractivity contribution in [2.45, 2.75) is 4.90 Å². The van der Waals surface area contributed by atoms with Crippen LogP contribution in [-0.4, -0.2) is 22.1 Å². The summed E-state index contributed by atoms with van der Waals surface area (Å²) in [5.41, 5.74) is 0. The molecule has 0 aromatic heterocycles. The third-order valence-electron chi connectivity index (χ3n) is 1.89. The predicted octanol–water partition coefficient (Wildman–Crippen LogP) is 2.54. The fraction of sp³-hybridized carbons (Fsp3) is 0.200. The Morgan fingerprint density at radius 3 is 2.71 bits per heavy atom. The number of nitrogens with one attached hydrogen (secondary N) is 1. The molecule has 0 aliphatic rings. The summed E-state index contributed by atoms with van der Waals surface area (Å²) in [6.45, 7) is 3.66. The first-order valence-corrected chi connectivity index (χ1v) is 7.18. The van der Waals surface area contributed by atoms with Gasteiger partial charge < -0.3 is 4.74 Å². The van der Waals surface area contributed by atoms with Gasteiger partial charge in [0.15, 0.2) is 0 Å². The zero-order valence-electron chi connectivity index (χ0n) is 9.04. The van der Waals surface area contributed by atoms with Crippen molar-refractivity contribution in [3.63, 3.8) is 0 Å². The second-order valence-electron chi connectivity index (χ2n) is 3.14. The number of benzene rings is 1. The quantitative estimate of drug-likeness (QED) is 0.896. The van der Waals surface area contributed by atoms with Crippen LogP contribution in [0.25, 0.3) is 0 Å². The Balaban J connectivity index is 2.99. The van der Waals surface area contributed by atoms with Gasteiger partial charge in [0.1, 0.15) is 5.75 Å². The summed E-state index contributed by atoms with van der Waals surface area (Å²) < 4.78 is 31.5. The maximum absolute atomic E-state index is 11.8. The standard InChI is InChI=1S/C10H11BrClNO3S/c1-7(11)6-13-17(14,15)8-3-4-10(16-2)9(12)5-8/h3-5,13H,1,6H2,2H3. The first-order chi connectivity index (χ1) is 7.86. The van der Waals surface area contributed by atoms with Crippen molar-refractivity contribution in [3.8, 4) is 5.75 Å². The molecule has 1 aromatic carbocycles. The second-order valence-corrected chi connectivity index (χ2v) is 6.43. The molecule has 0 bridgehead atoms. The lowest BCUT2D eigenvalue weighted by molar-refractivity contribution is 0.414. The van der Waals surface area contributed by atoms with Gasteiger partial charge in [0.05, 0.1) is 17.0 Å². The van der Waals surface area contributed by atoms with Crippen LogP contribution >= 0.6 is 27.5 Å². The number of hydrogen-bond donors (Lipinski definition) is 1. The van der Waals surface area contributed by atoms with E-state index >= 15 is 0 Å². The lowest BCUT2D eigenvalue weighted by Crippen LogP contribution is -2.24. The molecule has 17 heavy (non-hydrogen) atoms. The van der Waals surface area contributed by atoms with Gasteiger partial charge in [-0.1, -0.05) is 34.1 Å². The highest BCUT2D eigenvalue weighted by Crippen LogP contribution is 2.26. The Labute approximate surface area is 114 Å². The molecule has 0 saturated carbocycles. The lowest BCUT2D eigenvalue weighted by Gasteiger charge is -2.08. The molecule has 0 atom stereocenters. The van der Waals surface area contributed by atoms with Crippen LogP contribution in [0.2, 0.25) is 5.02 Å². The molecule has 0 radical (unpaired) electrons. The van der Waals surface area contributed by atoms with Crippen LogP contribution in [-0.2, 0) is 10.0 Å². The van der Waals surface area contributed by atoms with Gasteiger partial charge in [-0.3, -0.25) is 0 Å². The third kappa shape index (κ3) is 3.99. The minimum Gasteiger partial charge on any atom is -0.495 e. The number of sulfonamides is 1. The highest BCUT2D eigenvalue weighted by Gasteiger charge is 2.15. The zero-order valence-corrected chi connectivity index (χ0v) is 12.2. The van der Waals surface area contributed by atoms with Crippen LogP contribution in [0, 0.1) is 0 Å². The molecule has 0 amide bonds. The van der Waals surface area contributed by atoms with Crippen molar-refractivity contribution in [1.29, 1.82) is 0 Å². The van der Waals surface area contributed by atoms with Gasteiger partial charge in [0, 0.05) is 11.0 Å². The number of rotatable bonds is 5. The summed E-state index contributed by atoms with van der Waals surface area (Å²) in [5, 5.41) is 0.244. The fourth-order valence-electron chi connectivity index (χ4n) is 1.07. The Hall–Kier alpha value is -0.560. The zero-order chi connectivity index (χ0) is 13.1. The van der Waals surface area contributed by atoms with Gasteiger partial charge in [-0.2, -0.15) is 0 Å². The van der Waals surface area contributed by atoms with Crippen molar-refractivity contribution in [2.75, 3.05) is 13.7 Å². The van der Waals surface area contributed by atoms with Crippen LogP contribution in [0.1, 0.15) is 0 Å². The van der Waals surface area contributed by atoms with E-state index < -0.39 is 10.0 Å². The van der Waals surface area contributed by atoms with E-state index in [1.165, 1.54) is 25.3 Å². The molecule has 0 spiro atoms. The maximum atomic E-state index is 11.8.